The van der Waals surface area contributed by atoms with Gasteiger partial charge in [0.25, 0.3) is 0 Å². The number of halogens is 4. The molecular weight excluding hydrogens is 447 g/mol. The molecular formula is C18H15ClF3N3O6. The van der Waals surface area contributed by atoms with Crippen LogP contribution in [-0.4, -0.2) is 42.2 Å². The third-order valence-electron chi connectivity index (χ3n) is 4.26. The Balaban J connectivity index is 2.07. The molecule has 0 aliphatic rings. The molecule has 2 heterocycles. The average Bonchev–Trinajstić information content (AvgIpc) is 3.15. The average molecular weight is 462 g/mol. The molecule has 3 aromatic rings. The van der Waals surface area contributed by atoms with E-state index in [9.17, 15) is 33.7 Å². The summed E-state index contributed by atoms with van der Waals surface area (Å²) < 4.78 is 44.4. The van der Waals surface area contributed by atoms with Gasteiger partial charge < -0.3 is 24.9 Å². The first-order valence-corrected chi connectivity index (χ1v) is 8.79. The molecule has 2 aromatic heterocycles. The first kappa shape index (κ1) is 22.8. The van der Waals surface area contributed by atoms with Crippen LogP contribution in [0.1, 0.15) is 16.8 Å². The minimum absolute atomic E-state index is 0.109. The van der Waals surface area contributed by atoms with E-state index in [2.05, 4.69) is 14.9 Å². The highest BCUT2D eigenvalue weighted by Crippen LogP contribution is 2.35. The molecule has 31 heavy (non-hydrogen) atoms. The van der Waals surface area contributed by atoms with Crippen LogP contribution < -0.4 is 9.62 Å². The second kappa shape index (κ2) is 8.32. The van der Waals surface area contributed by atoms with Gasteiger partial charge in [-0.1, -0.05) is 23.7 Å². The van der Waals surface area contributed by atoms with E-state index in [1.165, 1.54) is 31.5 Å². The Hall–Kier alpha value is -2.90. The van der Waals surface area contributed by atoms with Gasteiger partial charge >= 0.3 is 12.3 Å². The second-order valence-electron chi connectivity index (χ2n) is 6.33. The van der Waals surface area contributed by atoms with Crippen LogP contribution in [0.2, 0.25) is 5.15 Å². The van der Waals surface area contributed by atoms with E-state index < -0.39 is 23.8 Å². The molecule has 0 aliphatic heterocycles. The summed E-state index contributed by atoms with van der Waals surface area (Å²) in [6.07, 6.45) is -6.82. The van der Waals surface area contributed by atoms with Crippen molar-refractivity contribution in [3.63, 3.8) is 0 Å². The molecule has 0 saturated carbocycles. The summed E-state index contributed by atoms with van der Waals surface area (Å²) in [6, 6.07) is 5.32. The standard InChI is InChI=1S/C18H15ClF3N3O6/c1-30-13-7-23-15(19)6-11(13)4-9-2-3-10(5-12(9)31-29)16-24-14(17(20,21)22)8-25(16)18(26,27)28/h2-3,5-8,26-29H,4H2,1H3. The Bertz CT molecular complexity index is 1100. The molecule has 0 amide bonds. The third kappa shape index (κ3) is 4.89. The van der Waals surface area contributed by atoms with Crippen molar-refractivity contribution < 1.29 is 43.4 Å². The first-order chi connectivity index (χ1) is 14.4. The van der Waals surface area contributed by atoms with E-state index in [4.69, 9.17) is 16.3 Å². The predicted octanol–water partition coefficient (Wildman–Crippen LogP) is 2.61. The van der Waals surface area contributed by atoms with Gasteiger partial charge in [-0.15, -0.1) is 0 Å². The highest BCUT2D eigenvalue weighted by atomic mass is 35.5. The maximum absolute atomic E-state index is 13.0. The van der Waals surface area contributed by atoms with E-state index in [1.54, 1.807) is 0 Å². The molecule has 3 rings (SSSR count). The molecule has 0 saturated heterocycles. The number of imidazole rings is 1. The van der Waals surface area contributed by atoms with Crippen LogP contribution in [0.5, 0.6) is 11.5 Å². The quantitative estimate of drug-likeness (QED) is 0.191. The van der Waals surface area contributed by atoms with Gasteiger partial charge in [-0.25, -0.2) is 15.2 Å². The summed E-state index contributed by atoms with van der Waals surface area (Å²) in [6.45, 7) is 0. The third-order valence-corrected chi connectivity index (χ3v) is 4.47. The van der Waals surface area contributed by atoms with Gasteiger partial charge in [0.05, 0.1) is 13.3 Å². The maximum atomic E-state index is 13.0. The fourth-order valence-electron chi connectivity index (χ4n) is 2.86. The fourth-order valence-corrected chi connectivity index (χ4v) is 3.04. The Morgan fingerprint density at radius 3 is 2.39 bits per heavy atom. The van der Waals surface area contributed by atoms with Crippen molar-refractivity contribution in [2.24, 2.45) is 0 Å². The van der Waals surface area contributed by atoms with Crippen molar-refractivity contribution in [1.82, 2.24) is 14.5 Å². The first-order valence-electron chi connectivity index (χ1n) is 8.41. The maximum Gasteiger partial charge on any atom is 0.434 e. The van der Waals surface area contributed by atoms with Gasteiger partial charge in [-0.2, -0.15) is 13.2 Å². The minimum Gasteiger partial charge on any atom is -0.495 e. The van der Waals surface area contributed by atoms with Gasteiger partial charge in [0, 0.05) is 29.3 Å². The number of rotatable bonds is 6. The molecule has 0 atom stereocenters. The summed E-state index contributed by atoms with van der Waals surface area (Å²) >= 11 is 5.90. The molecule has 166 valence electrons. The Kier molecular flexibility index (Phi) is 6.11. The summed E-state index contributed by atoms with van der Waals surface area (Å²) in [5, 5.41) is 37.7. The molecule has 4 N–H and O–H groups in total. The van der Waals surface area contributed by atoms with Gasteiger partial charge in [0.2, 0.25) is 0 Å². The number of pyridine rings is 1. The smallest absolute Gasteiger partial charge is 0.434 e. The summed E-state index contributed by atoms with van der Waals surface area (Å²) in [5.74, 6) is -0.419. The Morgan fingerprint density at radius 2 is 1.81 bits per heavy atom. The van der Waals surface area contributed by atoms with Gasteiger partial charge in [-0.3, -0.25) is 4.57 Å². The molecule has 0 unspecified atom stereocenters. The van der Waals surface area contributed by atoms with Crippen molar-refractivity contribution >= 4 is 11.6 Å². The van der Waals surface area contributed by atoms with Crippen LogP contribution >= 0.6 is 11.6 Å². The number of ether oxygens (including phenoxy) is 1. The van der Waals surface area contributed by atoms with E-state index in [1.807, 2.05) is 0 Å². The van der Waals surface area contributed by atoms with Crippen LogP contribution in [0.4, 0.5) is 13.2 Å². The van der Waals surface area contributed by atoms with E-state index >= 15 is 0 Å². The van der Waals surface area contributed by atoms with Crippen LogP contribution in [0.3, 0.4) is 0 Å². The molecule has 0 aliphatic carbocycles. The molecule has 0 radical (unpaired) electrons. The lowest BCUT2D eigenvalue weighted by Gasteiger charge is -2.18. The highest BCUT2D eigenvalue weighted by Gasteiger charge is 2.38. The fraction of sp³-hybridized carbons (Fsp3) is 0.222. The number of aliphatic hydroxyl groups is 3. The zero-order valence-corrected chi connectivity index (χ0v) is 16.4. The summed E-state index contributed by atoms with van der Waals surface area (Å²) in [5.41, 5.74) is -0.640. The number of hydrogen-bond acceptors (Lipinski definition) is 8. The number of hydrogen-bond donors (Lipinski definition) is 4. The lowest BCUT2D eigenvalue weighted by molar-refractivity contribution is -0.374. The van der Waals surface area contributed by atoms with Crippen LogP contribution in [-0.2, 0) is 18.7 Å². The van der Waals surface area contributed by atoms with Crippen LogP contribution in [0, 0.1) is 0 Å². The number of methoxy groups -OCH3 is 1. The van der Waals surface area contributed by atoms with E-state index in [-0.39, 0.29) is 33.7 Å². The predicted molar refractivity (Wildman–Crippen MR) is 99.2 cm³/mol. The normalized spacial score (nSPS) is 12.2. The molecule has 0 spiro atoms. The molecule has 13 heteroatoms. The molecule has 9 nitrogen and oxygen atoms in total. The monoisotopic (exact) mass is 461 g/mol. The van der Waals surface area contributed by atoms with Gasteiger partial charge in [0.1, 0.15) is 16.7 Å². The lowest BCUT2D eigenvalue weighted by Crippen LogP contribution is -2.32. The van der Waals surface area contributed by atoms with Crippen molar-refractivity contribution in [3.05, 3.63) is 58.6 Å². The zero-order chi connectivity index (χ0) is 23.0. The molecule has 1 aromatic carbocycles. The van der Waals surface area contributed by atoms with Crippen molar-refractivity contribution in [2.75, 3.05) is 7.11 Å². The topological polar surface area (TPSA) is 130 Å². The summed E-state index contributed by atoms with van der Waals surface area (Å²) in [7, 11) is 1.42. The zero-order valence-electron chi connectivity index (χ0n) is 15.6. The van der Waals surface area contributed by atoms with Crippen LogP contribution in [0.15, 0.2) is 36.7 Å². The van der Waals surface area contributed by atoms with Crippen LogP contribution in [0.25, 0.3) is 11.4 Å². The van der Waals surface area contributed by atoms with E-state index in [0.29, 0.717) is 16.9 Å². The Morgan fingerprint density at radius 1 is 1.10 bits per heavy atom. The Labute approximate surface area is 177 Å². The number of benzene rings is 1. The summed E-state index contributed by atoms with van der Waals surface area (Å²) in [4.78, 5) is 11.6. The molecule has 0 bridgehead atoms. The van der Waals surface area contributed by atoms with E-state index in [0.717, 1.165) is 6.07 Å². The highest BCUT2D eigenvalue weighted by molar-refractivity contribution is 6.29. The number of aromatic nitrogens is 3. The second-order valence-corrected chi connectivity index (χ2v) is 6.71. The lowest BCUT2D eigenvalue weighted by atomic mass is 10.0. The molecule has 0 fully saturated rings. The van der Waals surface area contributed by atoms with Gasteiger partial charge in [0.15, 0.2) is 11.4 Å². The SMILES string of the molecule is COc1cnc(Cl)cc1Cc1ccc(-c2nc(C(F)(F)F)cn2C(O)(O)O)cc1OO. The number of nitrogens with zero attached hydrogens (tertiary/aromatic N) is 3. The largest absolute Gasteiger partial charge is 0.495 e. The van der Waals surface area contributed by atoms with Crippen molar-refractivity contribution in [3.8, 4) is 22.9 Å². The minimum atomic E-state index is -4.92. The van der Waals surface area contributed by atoms with Gasteiger partial charge in [-0.05, 0) is 12.1 Å². The van der Waals surface area contributed by atoms with Crippen molar-refractivity contribution in [2.45, 2.75) is 18.7 Å². The van der Waals surface area contributed by atoms with Crippen molar-refractivity contribution in [1.29, 1.82) is 0 Å². The number of alkyl halides is 3.